The van der Waals surface area contributed by atoms with Crippen molar-refractivity contribution in [3.8, 4) is 0 Å². The van der Waals surface area contributed by atoms with Gasteiger partial charge < -0.3 is 10.2 Å². The van der Waals surface area contributed by atoms with E-state index in [9.17, 15) is 14.0 Å². The highest BCUT2D eigenvalue weighted by Crippen LogP contribution is 2.18. The van der Waals surface area contributed by atoms with Crippen molar-refractivity contribution in [2.24, 2.45) is 5.92 Å². The quantitative estimate of drug-likeness (QED) is 0.845. The molecule has 1 aromatic carbocycles. The van der Waals surface area contributed by atoms with Crippen molar-refractivity contribution in [2.75, 3.05) is 19.6 Å². The molecule has 1 aromatic rings. The zero-order chi connectivity index (χ0) is 15.9. The molecule has 1 fully saturated rings. The van der Waals surface area contributed by atoms with Crippen LogP contribution in [0.3, 0.4) is 0 Å². The second kappa shape index (κ2) is 7.73. The average molecular weight is 304 g/mol. The summed E-state index contributed by atoms with van der Waals surface area (Å²) in [7, 11) is 0. The van der Waals surface area contributed by atoms with Crippen LogP contribution < -0.4 is 5.32 Å². The SMILES string of the molecule is C=CCNC(=O)C1CCN(C(=O)Cc2ccc(F)cc2)CC1. The first-order valence-corrected chi connectivity index (χ1v) is 7.51. The number of halogens is 1. The summed E-state index contributed by atoms with van der Waals surface area (Å²) in [5.74, 6) is -0.278. The number of nitrogens with one attached hydrogen (secondary N) is 1. The molecule has 2 rings (SSSR count). The van der Waals surface area contributed by atoms with Crippen LogP contribution >= 0.6 is 0 Å². The molecule has 0 aliphatic carbocycles. The predicted molar refractivity (Wildman–Crippen MR) is 82.6 cm³/mol. The fraction of sp³-hybridized carbons (Fsp3) is 0.412. The first kappa shape index (κ1) is 16.2. The van der Waals surface area contributed by atoms with Crippen molar-refractivity contribution in [3.05, 3.63) is 48.3 Å². The molecule has 0 spiro atoms. The first-order chi connectivity index (χ1) is 10.6. The zero-order valence-electron chi connectivity index (χ0n) is 12.6. The normalized spacial score (nSPS) is 15.4. The largest absolute Gasteiger partial charge is 0.352 e. The van der Waals surface area contributed by atoms with Crippen LogP contribution in [0.4, 0.5) is 4.39 Å². The van der Waals surface area contributed by atoms with Gasteiger partial charge in [-0.05, 0) is 30.5 Å². The molecule has 2 amide bonds. The number of rotatable bonds is 5. The summed E-state index contributed by atoms with van der Waals surface area (Å²) in [6.07, 6.45) is 3.28. The monoisotopic (exact) mass is 304 g/mol. The minimum absolute atomic E-state index is 0.0246. The van der Waals surface area contributed by atoms with Crippen LogP contribution in [-0.2, 0) is 16.0 Å². The molecule has 1 saturated heterocycles. The highest BCUT2D eigenvalue weighted by Gasteiger charge is 2.26. The molecule has 4 nitrogen and oxygen atoms in total. The van der Waals surface area contributed by atoms with Crippen molar-refractivity contribution in [1.29, 1.82) is 0 Å². The average Bonchev–Trinajstić information content (AvgIpc) is 2.55. The number of hydrogen-bond donors (Lipinski definition) is 1. The van der Waals surface area contributed by atoms with Crippen molar-refractivity contribution >= 4 is 11.8 Å². The van der Waals surface area contributed by atoms with E-state index >= 15 is 0 Å². The number of amides is 2. The van der Waals surface area contributed by atoms with Crippen molar-refractivity contribution in [3.63, 3.8) is 0 Å². The third-order valence-electron chi connectivity index (χ3n) is 3.91. The topological polar surface area (TPSA) is 49.4 Å². The fourth-order valence-electron chi connectivity index (χ4n) is 2.60. The number of likely N-dealkylation sites (tertiary alicyclic amines) is 1. The van der Waals surface area contributed by atoms with Crippen LogP contribution in [0.2, 0.25) is 0 Å². The second-order valence-electron chi connectivity index (χ2n) is 5.49. The lowest BCUT2D eigenvalue weighted by atomic mass is 9.95. The van der Waals surface area contributed by atoms with Gasteiger partial charge in [-0.25, -0.2) is 4.39 Å². The molecular weight excluding hydrogens is 283 g/mol. The summed E-state index contributed by atoms with van der Waals surface area (Å²) >= 11 is 0. The highest BCUT2D eigenvalue weighted by molar-refractivity contribution is 5.81. The van der Waals surface area contributed by atoms with Crippen LogP contribution in [0.15, 0.2) is 36.9 Å². The van der Waals surface area contributed by atoms with Crippen LogP contribution in [-0.4, -0.2) is 36.3 Å². The minimum Gasteiger partial charge on any atom is -0.352 e. The highest BCUT2D eigenvalue weighted by atomic mass is 19.1. The van der Waals surface area contributed by atoms with Crippen molar-refractivity contribution < 1.29 is 14.0 Å². The van der Waals surface area contributed by atoms with Gasteiger partial charge in [0, 0.05) is 25.6 Å². The van der Waals surface area contributed by atoms with Gasteiger partial charge in [-0.3, -0.25) is 9.59 Å². The molecular formula is C17H21FN2O2. The Hall–Kier alpha value is -2.17. The van der Waals surface area contributed by atoms with Crippen LogP contribution in [0.25, 0.3) is 0 Å². The van der Waals surface area contributed by atoms with Crippen molar-refractivity contribution in [2.45, 2.75) is 19.3 Å². The van der Waals surface area contributed by atoms with E-state index in [1.807, 2.05) is 0 Å². The van der Waals surface area contributed by atoms with Gasteiger partial charge in [-0.2, -0.15) is 0 Å². The standard InChI is InChI=1S/C17H21FN2O2/c1-2-9-19-17(22)14-7-10-20(11-8-14)16(21)12-13-3-5-15(18)6-4-13/h2-6,14H,1,7-12H2,(H,19,22). The van der Waals surface area contributed by atoms with Crippen LogP contribution in [0.5, 0.6) is 0 Å². The lowest BCUT2D eigenvalue weighted by Gasteiger charge is -2.31. The molecule has 1 heterocycles. The van der Waals surface area contributed by atoms with Gasteiger partial charge in [0.25, 0.3) is 0 Å². The third-order valence-corrected chi connectivity index (χ3v) is 3.91. The molecule has 1 aliphatic heterocycles. The van der Waals surface area contributed by atoms with E-state index < -0.39 is 0 Å². The van der Waals surface area contributed by atoms with E-state index in [0.717, 1.165) is 5.56 Å². The maximum Gasteiger partial charge on any atom is 0.226 e. The Morgan fingerprint density at radius 3 is 2.50 bits per heavy atom. The molecule has 5 heteroatoms. The summed E-state index contributed by atoms with van der Waals surface area (Å²) in [4.78, 5) is 25.9. The Morgan fingerprint density at radius 1 is 1.27 bits per heavy atom. The number of hydrogen-bond acceptors (Lipinski definition) is 2. The Balaban J connectivity index is 1.80. The second-order valence-corrected chi connectivity index (χ2v) is 5.49. The molecule has 0 bridgehead atoms. The lowest BCUT2D eigenvalue weighted by Crippen LogP contribution is -2.43. The number of carbonyl (C=O) groups is 2. The van der Waals surface area contributed by atoms with Gasteiger partial charge in [0.05, 0.1) is 6.42 Å². The number of benzene rings is 1. The maximum absolute atomic E-state index is 12.8. The summed E-state index contributed by atoms with van der Waals surface area (Å²) in [6, 6.07) is 5.98. The summed E-state index contributed by atoms with van der Waals surface area (Å²) < 4.78 is 12.8. The summed E-state index contributed by atoms with van der Waals surface area (Å²) in [6.45, 7) is 5.22. The fourth-order valence-corrected chi connectivity index (χ4v) is 2.60. The van der Waals surface area contributed by atoms with Gasteiger partial charge >= 0.3 is 0 Å². The van der Waals surface area contributed by atoms with Gasteiger partial charge in [0.15, 0.2) is 0 Å². The van der Waals surface area contributed by atoms with Gasteiger partial charge in [-0.1, -0.05) is 18.2 Å². The van der Waals surface area contributed by atoms with E-state index in [4.69, 9.17) is 0 Å². The molecule has 118 valence electrons. The third kappa shape index (κ3) is 4.41. The smallest absolute Gasteiger partial charge is 0.226 e. The molecule has 1 N–H and O–H groups in total. The zero-order valence-corrected chi connectivity index (χ0v) is 12.6. The Morgan fingerprint density at radius 2 is 1.91 bits per heavy atom. The summed E-state index contributed by atoms with van der Waals surface area (Å²) in [5, 5.41) is 2.80. The van der Waals surface area contributed by atoms with E-state index in [2.05, 4.69) is 11.9 Å². The van der Waals surface area contributed by atoms with Gasteiger partial charge in [-0.15, -0.1) is 6.58 Å². The Bertz CT molecular complexity index is 534. The maximum atomic E-state index is 12.8. The molecule has 0 aromatic heterocycles. The lowest BCUT2D eigenvalue weighted by molar-refractivity contribution is -0.135. The predicted octanol–water partition coefficient (Wildman–Crippen LogP) is 1.91. The molecule has 22 heavy (non-hydrogen) atoms. The molecule has 0 atom stereocenters. The number of carbonyl (C=O) groups excluding carboxylic acids is 2. The van der Waals surface area contributed by atoms with Gasteiger partial charge in [0.1, 0.15) is 5.82 Å². The molecule has 0 unspecified atom stereocenters. The minimum atomic E-state index is -0.303. The van der Waals surface area contributed by atoms with Crippen molar-refractivity contribution in [1.82, 2.24) is 10.2 Å². The van der Waals surface area contributed by atoms with E-state index in [-0.39, 0.29) is 30.0 Å². The summed E-state index contributed by atoms with van der Waals surface area (Å²) in [5.41, 5.74) is 0.803. The van der Waals surface area contributed by atoms with E-state index in [1.165, 1.54) is 12.1 Å². The van der Waals surface area contributed by atoms with E-state index in [1.54, 1.807) is 23.1 Å². The molecule has 1 aliphatic rings. The Kier molecular flexibility index (Phi) is 5.69. The number of piperidine rings is 1. The number of nitrogens with zero attached hydrogens (tertiary/aromatic N) is 1. The van der Waals surface area contributed by atoms with Crippen LogP contribution in [0.1, 0.15) is 18.4 Å². The van der Waals surface area contributed by atoms with Gasteiger partial charge in [0.2, 0.25) is 11.8 Å². The van der Waals surface area contributed by atoms with E-state index in [0.29, 0.717) is 32.5 Å². The first-order valence-electron chi connectivity index (χ1n) is 7.51. The molecule has 0 radical (unpaired) electrons. The molecule has 0 saturated carbocycles. The van der Waals surface area contributed by atoms with Crippen LogP contribution in [0, 0.1) is 11.7 Å². The Labute approximate surface area is 130 Å².